The van der Waals surface area contributed by atoms with Gasteiger partial charge in [0.15, 0.2) is 0 Å². The molecule has 1 heteroatoms. The fourth-order valence-electron chi connectivity index (χ4n) is 2.27. The van der Waals surface area contributed by atoms with Gasteiger partial charge in [0.2, 0.25) is 0 Å². The Morgan fingerprint density at radius 3 is 1.80 bits per heavy atom. The summed E-state index contributed by atoms with van der Waals surface area (Å²) in [7, 11) is 0. The summed E-state index contributed by atoms with van der Waals surface area (Å²) < 4.78 is 0. The predicted octanol–water partition coefficient (Wildman–Crippen LogP) is 3.48. The molecular weight excluding hydrogens is 184 g/mol. The van der Waals surface area contributed by atoms with Crippen LogP contribution in [0.25, 0.3) is 0 Å². The first kappa shape index (κ1) is 12.3. The highest BCUT2D eigenvalue weighted by atomic mass is 16.3. The lowest BCUT2D eigenvalue weighted by atomic mass is 9.80. The van der Waals surface area contributed by atoms with Crippen LogP contribution in [0.15, 0.2) is 12.1 Å². The second-order valence-electron chi connectivity index (χ2n) is 5.08. The van der Waals surface area contributed by atoms with Crippen molar-refractivity contribution >= 4 is 0 Å². The molecular formula is C14H22O. The highest BCUT2D eigenvalue weighted by Gasteiger charge is 2.30. The summed E-state index contributed by atoms with van der Waals surface area (Å²) in [4.78, 5) is 0. The minimum Gasteiger partial charge on any atom is -0.385 e. The fourth-order valence-corrected chi connectivity index (χ4v) is 2.27. The topological polar surface area (TPSA) is 20.2 Å². The zero-order valence-corrected chi connectivity index (χ0v) is 10.7. The molecule has 1 rings (SSSR count). The number of benzene rings is 1. The van der Waals surface area contributed by atoms with Crippen LogP contribution in [0.1, 0.15) is 43.0 Å². The maximum absolute atomic E-state index is 10.5. The van der Waals surface area contributed by atoms with E-state index in [0.717, 1.165) is 5.56 Å². The molecule has 1 aromatic carbocycles. The molecule has 1 nitrogen and oxygen atoms in total. The summed E-state index contributed by atoms with van der Waals surface area (Å²) in [6.07, 6.45) is 0. The number of aliphatic hydroxyl groups is 1. The minimum absolute atomic E-state index is 0.220. The van der Waals surface area contributed by atoms with Gasteiger partial charge in [-0.15, -0.1) is 0 Å². The van der Waals surface area contributed by atoms with Crippen LogP contribution in [0, 0.1) is 26.7 Å². The van der Waals surface area contributed by atoms with Gasteiger partial charge in [0.05, 0.1) is 5.60 Å². The summed E-state index contributed by atoms with van der Waals surface area (Å²) in [6.45, 7) is 12.3. The highest BCUT2D eigenvalue weighted by Crippen LogP contribution is 2.34. The van der Waals surface area contributed by atoms with E-state index in [1.54, 1.807) is 0 Å². The second-order valence-corrected chi connectivity index (χ2v) is 5.08. The zero-order chi connectivity index (χ0) is 11.8. The van der Waals surface area contributed by atoms with Gasteiger partial charge in [-0.05, 0) is 50.3 Å². The van der Waals surface area contributed by atoms with Gasteiger partial charge in [-0.25, -0.2) is 0 Å². The normalized spacial score (nSPS) is 15.5. The predicted molar refractivity (Wildman–Crippen MR) is 65.1 cm³/mol. The number of hydrogen-bond donors (Lipinski definition) is 1. The Balaban J connectivity index is 3.38. The minimum atomic E-state index is -0.734. The molecule has 84 valence electrons. The first-order valence-corrected chi connectivity index (χ1v) is 5.57. The van der Waals surface area contributed by atoms with E-state index in [-0.39, 0.29) is 5.92 Å². The van der Waals surface area contributed by atoms with Crippen LogP contribution in [0.5, 0.6) is 0 Å². The van der Waals surface area contributed by atoms with Gasteiger partial charge >= 0.3 is 0 Å². The van der Waals surface area contributed by atoms with Crippen LogP contribution in [-0.2, 0) is 5.60 Å². The Bertz CT molecular complexity index is 339. The first-order chi connectivity index (χ1) is 6.76. The van der Waals surface area contributed by atoms with Crippen molar-refractivity contribution < 1.29 is 5.11 Å². The average Bonchev–Trinajstić information content (AvgIpc) is 2.00. The van der Waals surface area contributed by atoms with Crippen molar-refractivity contribution in [1.29, 1.82) is 0 Å². The van der Waals surface area contributed by atoms with Crippen molar-refractivity contribution in [2.45, 2.75) is 47.1 Å². The molecule has 0 aromatic heterocycles. The summed E-state index contributed by atoms with van der Waals surface area (Å²) in [5.41, 5.74) is 3.98. The molecule has 0 radical (unpaired) electrons. The molecule has 0 saturated carbocycles. The molecule has 0 bridgehead atoms. The quantitative estimate of drug-likeness (QED) is 0.785. The molecule has 0 heterocycles. The maximum atomic E-state index is 10.5. The lowest BCUT2D eigenvalue weighted by Crippen LogP contribution is -2.30. The molecule has 0 saturated heterocycles. The SMILES string of the molecule is Cc1cc(C)c(C(C)(O)C(C)C)c(C)c1. The third-order valence-electron chi connectivity index (χ3n) is 3.31. The molecule has 0 spiro atoms. The van der Waals surface area contributed by atoms with Crippen molar-refractivity contribution in [3.05, 3.63) is 34.4 Å². The smallest absolute Gasteiger partial charge is 0.0896 e. The van der Waals surface area contributed by atoms with Crippen LogP contribution in [0.2, 0.25) is 0 Å². The van der Waals surface area contributed by atoms with Gasteiger partial charge in [-0.2, -0.15) is 0 Å². The van der Waals surface area contributed by atoms with E-state index in [0.29, 0.717) is 0 Å². The molecule has 0 fully saturated rings. The van der Waals surface area contributed by atoms with Crippen molar-refractivity contribution in [3.63, 3.8) is 0 Å². The van der Waals surface area contributed by atoms with Crippen molar-refractivity contribution in [2.24, 2.45) is 5.92 Å². The largest absolute Gasteiger partial charge is 0.385 e. The molecule has 1 unspecified atom stereocenters. The standard InChI is InChI=1S/C14H22O/c1-9(2)14(6,15)13-11(4)7-10(3)8-12(13)5/h7-9,15H,1-6H3. The van der Waals surface area contributed by atoms with Crippen molar-refractivity contribution in [3.8, 4) is 0 Å². The van der Waals surface area contributed by atoms with Gasteiger partial charge in [-0.3, -0.25) is 0 Å². The van der Waals surface area contributed by atoms with Crippen molar-refractivity contribution in [1.82, 2.24) is 0 Å². The van der Waals surface area contributed by atoms with Gasteiger partial charge in [0.25, 0.3) is 0 Å². The van der Waals surface area contributed by atoms with E-state index in [4.69, 9.17) is 0 Å². The van der Waals surface area contributed by atoms with E-state index in [1.807, 2.05) is 6.92 Å². The van der Waals surface area contributed by atoms with Gasteiger partial charge < -0.3 is 5.11 Å². The van der Waals surface area contributed by atoms with Gasteiger partial charge in [0, 0.05) is 0 Å². The molecule has 0 aliphatic heterocycles. The Labute approximate surface area is 93.1 Å². The molecule has 0 amide bonds. The average molecular weight is 206 g/mol. The monoisotopic (exact) mass is 206 g/mol. The van der Waals surface area contributed by atoms with Crippen LogP contribution in [0.3, 0.4) is 0 Å². The molecule has 1 atom stereocenters. The van der Waals surface area contributed by atoms with E-state index >= 15 is 0 Å². The molecule has 15 heavy (non-hydrogen) atoms. The first-order valence-electron chi connectivity index (χ1n) is 5.57. The van der Waals surface area contributed by atoms with Crippen LogP contribution in [-0.4, -0.2) is 5.11 Å². The zero-order valence-electron chi connectivity index (χ0n) is 10.7. The Morgan fingerprint density at radius 1 is 1.07 bits per heavy atom. The third-order valence-corrected chi connectivity index (χ3v) is 3.31. The summed E-state index contributed by atoms with van der Waals surface area (Å²) in [5, 5.41) is 10.5. The molecule has 0 aliphatic rings. The van der Waals surface area contributed by atoms with Gasteiger partial charge in [0.1, 0.15) is 0 Å². The Kier molecular flexibility index (Phi) is 3.25. The Morgan fingerprint density at radius 2 is 1.47 bits per heavy atom. The number of aryl methyl sites for hydroxylation is 3. The summed E-state index contributed by atoms with van der Waals surface area (Å²) in [6, 6.07) is 4.28. The number of rotatable bonds is 2. The molecule has 1 N–H and O–H groups in total. The van der Waals surface area contributed by atoms with E-state index in [2.05, 4.69) is 46.8 Å². The fraction of sp³-hybridized carbons (Fsp3) is 0.571. The molecule has 1 aromatic rings. The van der Waals surface area contributed by atoms with E-state index < -0.39 is 5.60 Å². The van der Waals surface area contributed by atoms with Crippen LogP contribution < -0.4 is 0 Å². The van der Waals surface area contributed by atoms with Crippen LogP contribution in [0.4, 0.5) is 0 Å². The third kappa shape index (κ3) is 2.23. The molecule has 0 aliphatic carbocycles. The van der Waals surface area contributed by atoms with Gasteiger partial charge in [-0.1, -0.05) is 31.5 Å². The number of hydrogen-bond acceptors (Lipinski definition) is 1. The van der Waals surface area contributed by atoms with Crippen molar-refractivity contribution in [2.75, 3.05) is 0 Å². The highest BCUT2D eigenvalue weighted by molar-refractivity contribution is 5.41. The second kappa shape index (κ2) is 3.97. The van der Waals surface area contributed by atoms with E-state index in [9.17, 15) is 5.11 Å². The summed E-state index contributed by atoms with van der Waals surface area (Å²) in [5.74, 6) is 0.220. The summed E-state index contributed by atoms with van der Waals surface area (Å²) >= 11 is 0. The maximum Gasteiger partial charge on any atom is 0.0896 e. The lowest BCUT2D eigenvalue weighted by Gasteiger charge is -2.31. The van der Waals surface area contributed by atoms with Crippen LogP contribution >= 0.6 is 0 Å². The Hall–Kier alpha value is -0.820. The van der Waals surface area contributed by atoms with E-state index in [1.165, 1.54) is 16.7 Å². The lowest BCUT2D eigenvalue weighted by molar-refractivity contribution is 0.00788.